The summed E-state index contributed by atoms with van der Waals surface area (Å²) in [6, 6.07) is 5.79. The van der Waals surface area contributed by atoms with Crippen LogP contribution in [0.3, 0.4) is 0 Å². The van der Waals surface area contributed by atoms with E-state index in [4.69, 9.17) is 16.7 Å². The smallest absolute Gasteiger partial charge is 0.323 e. The number of sulfonamides is 1. The maximum Gasteiger partial charge on any atom is 0.323 e. The minimum atomic E-state index is -3.88. The molecule has 0 radical (unpaired) electrons. The third kappa shape index (κ3) is 4.26. The summed E-state index contributed by atoms with van der Waals surface area (Å²) in [5.41, 5.74) is 0. The Hall–Kier alpha value is -1.46. The van der Waals surface area contributed by atoms with Gasteiger partial charge < -0.3 is 10.0 Å². The minimum absolute atomic E-state index is 0.0974. The zero-order chi connectivity index (χ0) is 18.9. The molecule has 0 aliphatic carbocycles. The third-order valence-electron chi connectivity index (χ3n) is 3.82. The molecule has 1 unspecified atom stereocenters. The van der Waals surface area contributed by atoms with Gasteiger partial charge in [-0.1, -0.05) is 11.6 Å². The van der Waals surface area contributed by atoms with Gasteiger partial charge in [-0.15, -0.1) is 22.7 Å². The Morgan fingerprint density at radius 2 is 1.96 bits per heavy atom. The molecule has 2 N–H and O–H groups in total. The van der Waals surface area contributed by atoms with E-state index in [1.807, 2.05) is 6.07 Å². The van der Waals surface area contributed by atoms with Crippen LogP contribution in [-0.4, -0.2) is 49.4 Å². The van der Waals surface area contributed by atoms with E-state index in [9.17, 15) is 18.0 Å². The first-order valence-corrected chi connectivity index (χ1v) is 11.1. The van der Waals surface area contributed by atoms with Gasteiger partial charge in [0.15, 0.2) is 0 Å². The Kier molecular flexibility index (Phi) is 5.68. The van der Waals surface area contributed by atoms with E-state index in [-0.39, 0.29) is 4.21 Å². The molecule has 1 amide bonds. The number of nitrogens with one attached hydrogen (secondary N) is 1. The number of hydrogen-bond acceptors (Lipinski definition) is 6. The lowest BCUT2D eigenvalue weighted by molar-refractivity contribution is -0.146. The normalized spacial score (nSPS) is 18.3. The van der Waals surface area contributed by atoms with Crippen LogP contribution in [0.2, 0.25) is 4.34 Å². The maximum atomic E-state index is 12.6. The topological polar surface area (TPSA) is 104 Å². The molecule has 0 spiro atoms. The van der Waals surface area contributed by atoms with E-state index in [1.165, 1.54) is 17.4 Å². The maximum absolute atomic E-state index is 12.6. The molecule has 1 saturated heterocycles. The Morgan fingerprint density at radius 1 is 1.27 bits per heavy atom. The number of likely N-dealkylation sites (tertiary alicyclic amines) is 1. The fourth-order valence-corrected chi connectivity index (χ4v) is 6.34. The molecule has 1 aliphatic heterocycles. The highest BCUT2D eigenvalue weighted by molar-refractivity contribution is 7.91. The molecular weight excluding hydrogens is 420 g/mol. The highest BCUT2D eigenvalue weighted by Gasteiger charge is 2.33. The average molecular weight is 435 g/mol. The highest BCUT2D eigenvalue weighted by Crippen LogP contribution is 2.36. The molecule has 0 bridgehead atoms. The molecule has 140 valence electrons. The van der Waals surface area contributed by atoms with Gasteiger partial charge in [-0.05, 0) is 37.1 Å². The molecule has 3 heterocycles. The number of amides is 1. The van der Waals surface area contributed by atoms with Crippen molar-refractivity contribution in [2.24, 2.45) is 0 Å². The second kappa shape index (κ2) is 7.65. The van der Waals surface area contributed by atoms with Crippen molar-refractivity contribution >= 4 is 56.2 Å². The number of nitrogens with zero attached hydrogens (tertiary/aromatic N) is 1. The summed E-state index contributed by atoms with van der Waals surface area (Å²) in [6.07, 6.45) is 0.878. The summed E-state index contributed by atoms with van der Waals surface area (Å²) in [5, 5.41) is 8.85. The van der Waals surface area contributed by atoms with E-state index >= 15 is 0 Å². The van der Waals surface area contributed by atoms with Gasteiger partial charge >= 0.3 is 5.97 Å². The van der Waals surface area contributed by atoms with Gasteiger partial charge in [0.25, 0.3) is 10.0 Å². The molecule has 7 nitrogen and oxygen atoms in total. The summed E-state index contributed by atoms with van der Waals surface area (Å²) < 4.78 is 28.3. The Morgan fingerprint density at radius 3 is 2.62 bits per heavy atom. The molecule has 0 aromatic carbocycles. The van der Waals surface area contributed by atoms with Crippen LogP contribution in [0, 0.1) is 0 Å². The van der Waals surface area contributed by atoms with Gasteiger partial charge in [0, 0.05) is 16.3 Å². The molecule has 3 rings (SSSR count). The van der Waals surface area contributed by atoms with Crippen molar-refractivity contribution in [3.63, 3.8) is 0 Å². The van der Waals surface area contributed by atoms with Gasteiger partial charge in [-0.3, -0.25) is 9.59 Å². The summed E-state index contributed by atoms with van der Waals surface area (Å²) in [5.74, 6) is -1.64. The number of hydrogen-bond donors (Lipinski definition) is 2. The zero-order valence-corrected chi connectivity index (χ0v) is 16.6. The van der Waals surface area contributed by atoms with Crippen LogP contribution in [0.5, 0.6) is 0 Å². The van der Waals surface area contributed by atoms with Crippen molar-refractivity contribution in [3.8, 4) is 9.75 Å². The summed E-state index contributed by atoms with van der Waals surface area (Å²) in [6.45, 7) is -0.120. The van der Waals surface area contributed by atoms with Crippen LogP contribution >= 0.6 is 34.3 Å². The Bertz CT molecular complexity index is 937. The number of carbonyl (C=O) groups excluding carboxylic acids is 1. The third-order valence-corrected chi connectivity index (χ3v) is 8.29. The first kappa shape index (κ1) is 19.3. The lowest BCUT2D eigenvalue weighted by Crippen LogP contribution is -2.53. The number of halogens is 1. The van der Waals surface area contributed by atoms with E-state index < -0.39 is 34.5 Å². The number of rotatable bonds is 6. The largest absolute Gasteiger partial charge is 0.480 e. The Balaban J connectivity index is 1.75. The van der Waals surface area contributed by atoms with Crippen LogP contribution in [0.4, 0.5) is 0 Å². The fraction of sp³-hybridized carbons (Fsp3) is 0.333. The SMILES string of the molecule is O=C(O)CN1CCCC(NS(=O)(=O)c2ccc(-c3ccc(Cl)s3)s2)C1=O. The zero-order valence-electron chi connectivity index (χ0n) is 13.3. The quantitative estimate of drug-likeness (QED) is 0.726. The van der Waals surface area contributed by atoms with Crippen LogP contribution in [0.25, 0.3) is 9.75 Å². The monoisotopic (exact) mass is 434 g/mol. The van der Waals surface area contributed by atoms with E-state index in [1.54, 1.807) is 12.1 Å². The second-order valence-corrected chi connectivity index (χ2v) is 10.4. The van der Waals surface area contributed by atoms with E-state index in [0.717, 1.165) is 26.0 Å². The predicted octanol–water partition coefficient (Wildman–Crippen LogP) is 2.48. The predicted molar refractivity (Wildman–Crippen MR) is 100 cm³/mol. The van der Waals surface area contributed by atoms with Crippen molar-refractivity contribution < 1.29 is 23.1 Å². The lowest BCUT2D eigenvalue weighted by atomic mass is 10.1. The van der Waals surface area contributed by atoms with Crippen molar-refractivity contribution in [2.75, 3.05) is 13.1 Å². The number of thiophene rings is 2. The van der Waals surface area contributed by atoms with Gasteiger partial charge in [0.1, 0.15) is 16.8 Å². The van der Waals surface area contributed by atoms with E-state index in [2.05, 4.69) is 4.72 Å². The van der Waals surface area contributed by atoms with Crippen LogP contribution < -0.4 is 4.72 Å². The summed E-state index contributed by atoms with van der Waals surface area (Å²) in [4.78, 5) is 25.9. The fourth-order valence-electron chi connectivity index (χ4n) is 2.66. The van der Waals surface area contributed by atoms with Gasteiger partial charge in [0.2, 0.25) is 5.91 Å². The molecule has 1 atom stereocenters. The number of aliphatic carboxylic acids is 1. The number of carboxylic acid groups (broad SMARTS) is 1. The molecule has 11 heteroatoms. The van der Waals surface area contributed by atoms with Crippen LogP contribution in [-0.2, 0) is 19.6 Å². The lowest BCUT2D eigenvalue weighted by Gasteiger charge is -2.31. The minimum Gasteiger partial charge on any atom is -0.480 e. The summed E-state index contributed by atoms with van der Waals surface area (Å²) >= 11 is 8.35. The molecule has 2 aromatic rings. The van der Waals surface area contributed by atoms with Gasteiger partial charge in [-0.25, -0.2) is 8.42 Å². The number of carbonyl (C=O) groups is 2. The Labute approximate surface area is 163 Å². The van der Waals surface area contributed by atoms with Crippen LogP contribution in [0.1, 0.15) is 12.8 Å². The first-order chi connectivity index (χ1) is 12.3. The average Bonchev–Trinajstić information content (AvgIpc) is 3.19. The summed E-state index contributed by atoms with van der Waals surface area (Å²) in [7, 11) is -3.88. The van der Waals surface area contributed by atoms with Crippen LogP contribution in [0.15, 0.2) is 28.5 Å². The second-order valence-electron chi connectivity index (χ2n) is 5.69. The van der Waals surface area contributed by atoms with E-state index in [0.29, 0.717) is 23.7 Å². The number of carboxylic acids is 1. The van der Waals surface area contributed by atoms with Gasteiger partial charge in [-0.2, -0.15) is 4.72 Å². The van der Waals surface area contributed by atoms with Crippen molar-refractivity contribution in [1.82, 2.24) is 9.62 Å². The highest BCUT2D eigenvalue weighted by atomic mass is 35.5. The molecule has 26 heavy (non-hydrogen) atoms. The van der Waals surface area contributed by atoms with Crippen molar-refractivity contribution in [1.29, 1.82) is 0 Å². The standard InChI is InChI=1S/C15H15ClN2O5S3/c16-12-5-3-10(24-12)11-4-6-14(25-11)26(22,23)17-9-2-1-7-18(15(9)21)8-13(19)20/h3-6,9,17H,1-2,7-8H2,(H,19,20). The first-order valence-electron chi connectivity index (χ1n) is 7.65. The molecular formula is C15H15ClN2O5S3. The molecule has 0 saturated carbocycles. The molecule has 2 aromatic heterocycles. The van der Waals surface area contributed by atoms with Crippen molar-refractivity contribution in [3.05, 3.63) is 28.6 Å². The number of piperidine rings is 1. The van der Waals surface area contributed by atoms with Crippen molar-refractivity contribution in [2.45, 2.75) is 23.1 Å². The molecule has 1 aliphatic rings. The molecule has 1 fully saturated rings. The van der Waals surface area contributed by atoms with Gasteiger partial charge in [0.05, 0.1) is 4.34 Å².